The summed E-state index contributed by atoms with van der Waals surface area (Å²) in [5, 5.41) is 0. The topological polar surface area (TPSA) is 75.7 Å². The summed E-state index contributed by atoms with van der Waals surface area (Å²) < 4.78 is 33.4. The molecule has 1 unspecified atom stereocenters. The molecule has 28 heavy (non-hydrogen) atoms. The summed E-state index contributed by atoms with van der Waals surface area (Å²) in [5.41, 5.74) is 2.53. The third-order valence-corrected chi connectivity index (χ3v) is 6.43. The van der Waals surface area contributed by atoms with Crippen LogP contribution in [0.4, 0.5) is 5.69 Å². The van der Waals surface area contributed by atoms with E-state index in [-0.39, 0.29) is 23.3 Å². The standard InChI is InChI=1S/C21H26N2O4S/c1-4-27-19-8-6-18(7-9-19)23-14-17(12-21(23)24)13-22-28(25,26)20-10-5-15(2)11-16(20)3/h5-11,17,22H,4,12-14H2,1-3H3. The molecule has 0 bridgehead atoms. The third-order valence-electron chi connectivity index (χ3n) is 4.85. The molecule has 1 N–H and O–H groups in total. The van der Waals surface area contributed by atoms with Gasteiger partial charge < -0.3 is 9.64 Å². The summed E-state index contributed by atoms with van der Waals surface area (Å²) in [6.07, 6.45) is 0.322. The van der Waals surface area contributed by atoms with Gasteiger partial charge >= 0.3 is 0 Å². The first-order valence-corrected chi connectivity index (χ1v) is 10.9. The molecule has 6 nitrogen and oxygen atoms in total. The van der Waals surface area contributed by atoms with Crippen molar-refractivity contribution < 1.29 is 17.9 Å². The lowest BCUT2D eigenvalue weighted by Crippen LogP contribution is -2.31. The van der Waals surface area contributed by atoms with Crippen molar-refractivity contribution in [1.29, 1.82) is 0 Å². The van der Waals surface area contributed by atoms with E-state index >= 15 is 0 Å². The number of nitrogens with zero attached hydrogens (tertiary/aromatic N) is 1. The fourth-order valence-electron chi connectivity index (χ4n) is 3.46. The molecule has 0 saturated carbocycles. The van der Waals surface area contributed by atoms with E-state index in [1.54, 1.807) is 24.0 Å². The average molecular weight is 403 g/mol. The first-order chi connectivity index (χ1) is 13.3. The summed E-state index contributed by atoms with van der Waals surface area (Å²) in [6.45, 7) is 6.94. The minimum atomic E-state index is -3.60. The average Bonchev–Trinajstić information content (AvgIpc) is 3.01. The van der Waals surface area contributed by atoms with Crippen molar-refractivity contribution in [2.45, 2.75) is 32.1 Å². The zero-order valence-electron chi connectivity index (χ0n) is 16.4. The minimum Gasteiger partial charge on any atom is -0.494 e. The van der Waals surface area contributed by atoms with Crippen LogP contribution in [-0.4, -0.2) is 34.0 Å². The number of nitrogens with one attached hydrogen (secondary N) is 1. The molecular weight excluding hydrogens is 376 g/mol. The van der Waals surface area contributed by atoms with Crippen molar-refractivity contribution in [2.24, 2.45) is 5.92 Å². The number of anilines is 1. The number of carbonyl (C=O) groups excluding carboxylic acids is 1. The van der Waals surface area contributed by atoms with Crippen LogP contribution in [0.15, 0.2) is 47.4 Å². The van der Waals surface area contributed by atoms with Gasteiger partial charge in [-0.2, -0.15) is 0 Å². The molecule has 0 aromatic heterocycles. The Labute approximate surface area is 166 Å². The fourth-order valence-corrected chi connectivity index (χ4v) is 4.80. The van der Waals surface area contributed by atoms with Gasteiger partial charge in [-0.1, -0.05) is 17.7 Å². The highest BCUT2D eigenvalue weighted by Gasteiger charge is 2.31. The lowest BCUT2D eigenvalue weighted by Gasteiger charge is -2.18. The van der Waals surface area contributed by atoms with Gasteiger partial charge in [-0.05, 0) is 62.6 Å². The van der Waals surface area contributed by atoms with Crippen molar-refractivity contribution in [3.63, 3.8) is 0 Å². The highest BCUT2D eigenvalue weighted by Crippen LogP contribution is 2.27. The molecule has 2 aromatic rings. The van der Waals surface area contributed by atoms with Crippen LogP contribution in [-0.2, 0) is 14.8 Å². The van der Waals surface area contributed by atoms with E-state index in [2.05, 4.69) is 4.72 Å². The van der Waals surface area contributed by atoms with Gasteiger partial charge in [0.1, 0.15) is 5.75 Å². The molecule has 1 saturated heterocycles. The minimum absolute atomic E-state index is 0.000116. The molecule has 1 aliphatic heterocycles. The molecule has 1 atom stereocenters. The molecule has 0 radical (unpaired) electrons. The van der Waals surface area contributed by atoms with Gasteiger partial charge in [-0.15, -0.1) is 0 Å². The van der Waals surface area contributed by atoms with Crippen LogP contribution in [0.5, 0.6) is 5.75 Å². The Morgan fingerprint density at radius 1 is 1.14 bits per heavy atom. The lowest BCUT2D eigenvalue weighted by atomic mass is 10.1. The summed E-state index contributed by atoms with van der Waals surface area (Å²) in [6, 6.07) is 12.6. The van der Waals surface area contributed by atoms with Crippen molar-refractivity contribution in [3.8, 4) is 5.75 Å². The van der Waals surface area contributed by atoms with Crippen LogP contribution >= 0.6 is 0 Å². The van der Waals surface area contributed by atoms with E-state index in [4.69, 9.17) is 4.74 Å². The van der Waals surface area contributed by atoms with E-state index < -0.39 is 10.0 Å². The lowest BCUT2D eigenvalue weighted by molar-refractivity contribution is -0.117. The van der Waals surface area contributed by atoms with Gasteiger partial charge in [0.05, 0.1) is 11.5 Å². The quantitative estimate of drug-likeness (QED) is 0.772. The number of carbonyl (C=O) groups is 1. The maximum absolute atomic E-state index is 12.6. The third kappa shape index (κ3) is 4.54. The number of benzene rings is 2. The number of hydrogen-bond acceptors (Lipinski definition) is 4. The number of rotatable bonds is 7. The molecule has 2 aromatic carbocycles. The summed E-state index contributed by atoms with van der Waals surface area (Å²) in [5.74, 6) is 0.690. The zero-order valence-corrected chi connectivity index (χ0v) is 17.3. The first kappa shape index (κ1) is 20.4. The Hall–Kier alpha value is -2.38. The van der Waals surface area contributed by atoms with Crippen LogP contribution in [0.1, 0.15) is 24.5 Å². The maximum atomic E-state index is 12.6. The Kier molecular flexibility index (Phi) is 6.05. The van der Waals surface area contributed by atoms with E-state index in [1.165, 1.54) is 0 Å². The Morgan fingerprint density at radius 3 is 2.50 bits per heavy atom. The Bertz CT molecular complexity index is 955. The molecule has 1 heterocycles. The van der Waals surface area contributed by atoms with Gasteiger partial charge in [0.15, 0.2) is 0 Å². The van der Waals surface area contributed by atoms with Crippen LogP contribution in [0.3, 0.4) is 0 Å². The van der Waals surface area contributed by atoms with Crippen molar-refractivity contribution in [1.82, 2.24) is 4.72 Å². The van der Waals surface area contributed by atoms with Crippen LogP contribution in [0.2, 0.25) is 0 Å². The second-order valence-electron chi connectivity index (χ2n) is 7.12. The normalized spacial score (nSPS) is 17.2. The van der Waals surface area contributed by atoms with E-state index in [1.807, 2.05) is 44.2 Å². The number of hydrogen-bond donors (Lipinski definition) is 1. The molecule has 150 valence electrons. The monoisotopic (exact) mass is 402 g/mol. The SMILES string of the molecule is CCOc1ccc(N2CC(CNS(=O)(=O)c3ccc(C)cc3C)CC2=O)cc1. The van der Waals surface area contributed by atoms with Gasteiger partial charge in [0.2, 0.25) is 15.9 Å². The van der Waals surface area contributed by atoms with Gasteiger partial charge in [0, 0.05) is 25.2 Å². The van der Waals surface area contributed by atoms with Gasteiger partial charge in [0.25, 0.3) is 0 Å². The maximum Gasteiger partial charge on any atom is 0.240 e. The first-order valence-electron chi connectivity index (χ1n) is 9.40. The summed E-state index contributed by atoms with van der Waals surface area (Å²) in [7, 11) is -3.60. The largest absolute Gasteiger partial charge is 0.494 e. The molecule has 7 heteroatoms. The zero-order chi connectivity index (χ0) is 20.3. The predicted molar refractivity (Wildman–Crippen MR) is 109 cm³/mol. The van der Waals surface area contributed by atoms with E-state index in [9.17, 15) is 13.2 Å². The highest BCUT2D eigenvalue weighted by molar-refractivity contribution is 7.89. The molecule has 1 amide bonds. The second kappa shape index (κ2) is 8.32. The molecule has 1 fully saturated rings. The molecule has 3 rings (SSSR count). The highest BCUT2D eigenvalue weighted by atomic mass is 32.2. The smallest absolute Gasteiger partial charge is 0.240 e. The molecule has 1 aliphatic rings. The van der Waals surface area contributed by atoms with E-state index in [0.717, 1.165) is 17.0 Å². The number of ether oxygens (including phenoxy) is 1. The Balaban J connectivity index is 1.64. The second-order valence-corrected chi connectivity index (χ2v) is 8.86. The van der Waals surface area contributed by atoms with Crippen molar-refractivity contribution >= 4 is 21.6 Å². The Morgan fingerprint density at radius 2 is 1.86 bits per heavy atom. The fraction of sp³-hybridized carbons (Fsp3) is 0.381. The molecular formula is C21H26N2O4S. The number of sulfonamides is 1. The number of amides is 1. The van der Waals surface area contributed by atoms with Gasteiger partial charge in [-0.25, -0.2) is 13.1 Å². The summed E-state index contributed by atoms with van der Waals surface area (Å²) in [4.78, 5) is 14.4. The van der Waals surface area contributed by atoms with Crippen molar-refractivity contribution in [2.75, 3.05) is 24.6 Å². The predicted octanol–water partition coefficient (Wildman–Crippen LogP) is 3.03. The van der Waals surface area contributed by atoms with Crippen molar-refractivity contribution in [3.05, 3.63) is 53.6 Å². The van der Waals surface area contributed by atoms with Crippen LogP contribution in [0.25, 0.3) is 0 Å². The van der Waals surface area contributed by atoms with E-state index in [0.29, 0.717) is 25.1 Å². The van der Waals surface area contributed by atoms with Crippen LogP contribution < -0.4 is 14.4 Å². The number of aryl methyl sites for hydroxylation is 2. The molecule has 0 aliphatic carbocycles. The van der Waals surface area contributed by atoms with Gasteiger partial charge in [-0.3, -0.25) is 4.79 Å². The van der Waals surface area contributed by atoms with Crippen LogP contribution in [0, 0.1) is 19.8 Å². The summed E-state index contributed by atoms with van der Waals surface area (Å²) >= 11 is 0. The molecule has 0 spiro atoms.